The zero-order chi connectivity index (χ0) is 29.1. The Morgan fingerprint density at radius 3 is 2.35 bits per heavy atom. The lowest BCUT2D eigenvalue weighted by Gasteiger charge is -2.35. The van der Waals surface area contributed by atoms with Crippen LogP contribution >= 0.6 is 0 Å². The van der Waals surface area contributed by atoms with Gasteiger partial charge in [-0.1, -0.05) is 82.6 Å². The van der Waals surface area contributed by atoms with Crippen LogP contribution in [0, 0.1) is 11.8 Å². The standard InChI is InChI=1S/C32H46N4O4/c1-6-23(4)28-32(39)36(5)29(22(2)3)31(38)35-26(21-24-13-8-7-9-14-24)30(37)34-18-12-16-25-15-10-11-17-27(25)40-20-19-33-28/h7-11,13-15,17,22-23,26,28-29,33H,6,12,16,18-21H2,1-5H3,(H,34,37)(H,35,38)/t23-,26-,28-,29-/m0/s1. The second kappa shape index (κ2) is 15.4. The fourth-order valence-corrected chi connectivity index (χ4v) is 5.21. The van der Waals surface area contributed by atoms with E-state index in [9.17, 15) is 14.4 Å². The number of likely N-dealkylation sites (N-methyl/N-ethyl adjacent to an activating group) is 1. The highest BCUT2D eigenvalue weighted by Gasteiger charge is 2.36. The van der Waals surface area contributed by atoms with Gasteiger partial charge in [0.2, 0.25) is 17.7 Å². The minimum absolute atomic E-state index is 0.0558. The minimum atomic E-state index is -0.766. The van der Waals surface area contributed by atoms with Crippen LogP contribution < -0.4 is 20.7 Å². The van der Waals surface area contributed by atoms with Crippen LogP contribution in [0.4, 0.5) is 0 Å². The maximum absolute atomic E-state index is 13.8. The summed E-state index contributed by atoms with van der Waals surface area (Å²) in [6.45, 7) is 9.31. The molecule has 0 saturated carbocycles. The quantitative estimate of drug-likeness (QED) is 0.530. The first-order chi connectivity index (χ1) is 19.2. The van der Waals surface area contributed by atoms with E-state index in [1.54, 1.807) is 11.9 Å². The van der Waals surface area contributed by atoms with E-state index < -0.39 is 18.1 Å². The second-order valence-corrected chi connectivity index (χ2v) is 11.1. The van der Waals surface area contributed by atoms with Crippen LogP contribution in [0.2, 0.25) is 0 Å². The zero-order valence-corrected chi connectivity index (χ0v) is 24.6. The summed E-state index contributed by atoms with van der Waals surface area (Å²) in [5.74, 6) is 0.00237. The first-order valence-electron chi connectivity index (χ1n) is 14.6. The van der Waals surface area contributed by atoms with Gasteiger partial charge in [0.1, 0.15) is 24.4 Å². The summed E-state index contributed by atoms with van der Waals surface area (Å²) in [4.78, 5) is 42.4. The molecule has 3 rings (SSSR count). The third kappa shape index (κ3) is 8.55. The Kier molecular flexibility index (Phi) is 12.0. The summed E-state index contributed by atoms with van der Waals surface area (Å²) in [5, 5.41) is 9.40. The van der Waals surface area contributed by atoms with Gasteiger partial charge >= 0.3 is 0 Å². The van der Waals surface area contributed by atoms with Crippen molar-refractivity contribution in [3.05, 3.63) is 65.7 Å². The number of fused-ring (bicyclic) bond motifs is 1. The molecule has 0 aliphatic carbocycles. The van der Waals surface area contributed by atoms with Crippen molar-refractivity contribution < 1.29 is 19.1 Å². The van der Waals surface area contributed by atoms with Gasteiger partial charge in [0.25, 0.3) is 0 Å². The van der Waals surface area contributed by atoms with E-state index in [1.807, 2.05) is 75.4 Å². The van der Waals surface area contributed by atoms with Crippen molar-refractivity contribution in [3.63, 3.8) is 0 Å². The first kappa shape index (κ1) is 31.1. The van der Waals surface area contributed by atoms with E-state index in [0.29, 0.717) is 26.1 Å². The number of amides is 3. The Morgan fingerprint density at radius 1 is 0.950 bits per heavy atom. The van der Waals surface area contributed by atoms with E-state index in [0.717, 1.165) is 36.1 Å². The van der Waals surface area contributed by atoms with Crippen LogP contribution in [0.5, 0.6) is 5.75 Å². The average molecular weight is 551 g/mol. The van der Waals surface area contributed by atoms with Gasteiger partial charge in [0.05, 0.1) is 6.04 Å². The normalized spacial score (nSPS) is 22.8. The molecule has 0 radical (unpaired) electrons. The van der Waals surface area contributed by atoms with Crippen LogP contribution in [-0.4, -0.2) is 67.5 Å². The predicted octanol–water partition coefficient (Wildman–Crippen LogP) is 3.34. The number of nitrogens with one attached hydrogen (secondary N) is 3. The Labute approximate surface area is 239 Å². The molecule has 1 heterocycles. The number of aryl methyl sites for hydroxylation is 1. The van der Waals surface area contributed by atoms with Gasteiger partial charge in [-0.05, 0) is 41.9 Å². The molecular formula is C32H46N4O4. The van der Waals surface area contributed by atoms with Gasteiger partial charge in [0, 0.05) is 26.6 Å². The highest BCUT2D eigenvalue weighted by Crippen LogP contribution is 2.20. The molecule has 2 aromatic carbocycles. The average Bonchev–Trinajstić information content (AvgIpc) is 2.94. The van der Waals surface area contributed by atoms with Gasteiger partial charge in [0.15, 0.2) is 0 Å². The second-order valence-electron chi connectivity index (χ2n) is 11.1. The molecule has 8 nitrogen and oxygen atoms in total. The van der Waals surface area contributed by atoms with Crippen molar-refractivity contribution in [2.75, 3.05) is 26.7 Å². The number of carbonyl (C=O) groups excluding carboxylic acids is 3. The number of carbonyl (C=O) groups is 3. The zero-order valence-electron chi connectivity index (χ0n) is 24.6. The molecule has 40 heavy (non-hydrogen) atoms. The van der Waals surface area contributed by atoms with E-state index in [4.69, 9.17) is 4.74 Å². The first-order valence-corrected chi connectivity index (χ1v) is 14.6. The molecule has 8 heteroatoms. The lowest BCUT2D eigenvalue weighted by molar-refractivity contribution is -0.143. The van der Waals surface area contributed by atoms with Gasteiger partial charge < -0.3 is 25.6 Å². The predicted molar refractivity (Wildman–Crippen MR) is 158 cm³/mol. The molecule has 0 fully saturated rings. The number of nitrogens with zero attached hydrogens (tertiary/aromatic N) is 1. The topological polar surface area (TPSA) is 99.8 Å². The van der Waals surface area contributed by atoms with Crippen LogP contribution in [0.1, 0.15) is 51.7 Å². The van der Waals surface area contributed by atoms with Gasteiger partial charge in [-0.15, -0.1) is 0 Å². The summed E-state index contributed by atoms with van der Waals surface area (Å²) >= 11 is 0. The van der Waals surface area contributed by atoms with E-state index in [1.165, 1.54) is 0 Å². The van der Waals surface area contributed by atoms with Crippen molar-refractivity contribution in [2.24, 2.45) is 11.8 Å². The van der Waals surface area contributed by atoms with Crippen LogP contribution in [0.3, 0.4) is 0 Å². The number of rotatable bonds is 5. The Hall–Kier alpha value is -3.39. The molecule has 0 bridgehead atoms. The molecule has 2 aromatic rings. The van der Waals surface area contributed by atoms with E-state index >= 15 is 0 Å². The molecule has 3 amide bonds. The molecule has 0 aromatic heterocycles. The largest absolute Gasteiger partial charge is 0.492 e. The van der Waals surface area contributed by atoms with Gasteiger partial charge in [-0.25, -0.2) is 0 Å². The monoisotopic (exact) mass is 550 g/mol. The van der Waals surface area contributed by atoms with Gasteiger partial charge in [-0.3, -0.25) is 14.4 Å². The van der Waals surface area contributed by atoms with Crippen molar-refractivity contribution in [3.8, 4) is 5.75 Å². The Balaban J connectivity index is 1.92. The van der Waals surface area contributed by atoms with Crippen LogP contribution in [0.25, 0.3) is 0 Å². The third-order valence-corrected chi connectivity index (χ3v) is 7.68. The summed E-state index contributed by atoms with van der Waals surface area (Å²) < 4.78 is 6.10. The lowest BCUT2D eigenvalue weighted by atomic mass is 9.95. The van der Waals surface area contributed by atoms with Crippen LogP contribution in [-0.2, 0) is 27.2 Å². The maximum Gasteiger partial charge on any atom is 0.243 e. The molecule has 0 unspecified atom stereocenters. The molecule has 4 atom stereocenters. The fraction of sp³-hybridized carbons (Fsp3) is 0.531. The highest BCUT2D eigenvalue weighted by molar-refractivity contribution is 5.93. The van der Waals surface area contributed by atoms with Crippen molar-refractivity contribution >= 4 is 17.7 Å². The third-order valence-electron chi connectivity index (χ3n) is 7.68. The van der Waals surface area contributed by atoms with Crippen molar-refractivity contribution in [2.45, 2.75) is 71.5 Å². The van der Waals surface area contributed by atoms with Gasteiger partial charge in [-0.2, -0.15) is 0 Å². The van der Waals surface area contributed by atoms with E-state index in [-0.39, 0.29) is 29.6 Å². The minimum Gasteiger partial charge on any atom is -0.492 e. The summed E-state index contributed by atoms with van der Waals surface area (Å²) in [5.41, 5.74) is 2.02. The van der Waals surface area contributed by atoms with E-state index in [2.05, 4.69) is 22.9 Å². The van der Waals surface area contributed by atoms with Crippen molar-refractivity contribution in [1.82, 2.24) is 20.9 Å². The van der Waals surface area contributed by atoms with Crippen molar-refractivity contribution in [1.29, 1.82) is 0 Å². The molecule has 218 valence electrons. The highest BCUT2D eigenvalue weighted by atomic mass is 16.5. The summed E-state index contributed by atoms with van der Waals surface area (Å²) in [7, 11) is 1.68. The molecule has 0 spiro atoms. The number of hydrogen-bond donors (Lipinski definition) is 3. The number of ether oxygens (including phenoxy) is 1. The Morgan fingerprint density at radius 2 is 1.65 bits per heavy atom. The molecule has 3 N–H and O–H groups in total. The number of benzene rings is 2. The summed E-state index contributed by atoms with van der Waals surface area (Å²) in [6, 6.07) is 15.6. The number of para-hydroxylation sites is 1. The molecule has 1 aliphatic rings. The summed E-state index contributed by atoms with van der Waals surface area (Å²) in [6.07, 6.45) is 2.64. The Bertz CT molecular complexity index is 1110. The fourth-order valence-electron chi connectivity index (χ4n) is 5.21. The number of hydrogen-bond acceptors (Lipinski definition) is 5. The molecule has 0 saturated heterocycles. The molecule has 1 aliphatic heterocycles. The maximum atomic E-state index is 13.8. The SMILES string of the molecule is CC[C@H](C)[C@@H]1NCCOc2ccccc2CCCNC(=O)[C@H](Cc2ccccc2)NC(=O)[C@H](C(C)C)N(C)C1=O. The smallest absolute Gasteiger partial charge is 0.243 e. The van der Waals surface area contributed by atoms with Crippen LogP contribution in [0.15, 0.2) is 54.6 Å². The molecular weight excluding hydrogens is 504 g/mol. The lowest BCUT2D eigenvalue weighted by Crippen LogP contribution is -2.59.